The van der Waals surface area contributed by atoms with Crippen molar-refractivity contribution in [3.8, 4) is 0 Å². The van der Waals surface area contributed by atoms with Gasteiger partial charge in [-0.3, -0.25) is 0 Å². The Labute approximate surface area is 147 Å². The average Bonchev–Trinajstić information content (AvgIpc) is 2.94. The lowest BCUT2D eigenvalue weighted by atomic mass is 10.1. The van der Waals surface area contributed by atoms with Crippen LogP contribution in [0.25, 0.3) is 0 Å². The van der Waals surface area contributed by atoms with E-state index in [1.807, 2.05) is 41.9 Å². The Morgan fingerprint density at radius 3 is 2.40 bits per heavy atom. The molecular weight excluding hydrogens is 347 g/mol. The molecule has 1 heterocycles. The zero-order valence-corrected chi connectivity index (χ0v) is 14.3. The van der Waals surface area contributed by atoms with Crippen LogP contribution >= 0.6 is 11.8 Å². The van der Waals surface area contributed by atoms with Gasteiger partial charge in [0.25, 0.3) is 0 Å². The molecule has 0 amide bonds. The molecule has 3 rings (SSSR count). The number of aromatic nitrogens is 3. The molecule has 0 fully saturated rings. The number of halogens is 3. The van der Waals surface area contributed by atoms with Crippen LogP contribution < -0.4 is 0 Å². The van der Waals surface area contributed by atoms with Gasteiger partial charge in [-0.2, -0.15) is 13.2 Å². The van der Waals surface area contributed by atoms with Gasteiger partial charge in [-0.25, -0.2) is 0 Å². The summed E-state index contributed by atoms with van der Waals surface area (Å²) in [6.45, 7) is 0. The van der Waals surface area contributed by atoms with Crippen molar-refractivity contribution in [3.05, 3.63) is 77.1 Å². The number of benzene rings is 2. The maximum absolute atomic E-state index is 12.8. The first-order chi connectivity index (χ1) is 11.9. The van der Waals surface area contributed by atoms with Crippen LogP contribution in [0, 0.1) is 0 Å². The van der Waals surface area contributed by atoms with Crippen molar-refractivity contribution < 1.29 is 13.2 Å². The van der Waals surface area contributed by atoms with Gasteiger partial charge in [0, 0.05) is 19.2 Å². The maximum Gasteiger partial charge on any atom is 0.416 e. The smallest absolute Gasteiger partial charge is 0.309 e. The molecule has 3 nitrogen and oxygen atoms in total. The summed E-state index contributed by atoms with van der Waals surface area (Å²) < 4.78 is 40.2. The second-order valence-corrected chi connectivity index (χ2v) is 6.55. The molecular formula is C18H16F3N3S. The van der Waals surface area contributed by atoms with Crippen LogP contribution in [-0.2, 0) is 25.4 Å². The molecule has 0 bridgehead atoms. The minimum absolute atomic E-state index is 0.404. The van der Waals surface area contributed by atoms with Crippen molar-refractivity contribution in [2.24, 2.45) is 7.05 Å². The lowest BCUT2D eigenvalue weighted by Crippen LogP contribution is -2.05. The monoisotopic (exact) mass is 363 g/mol. The second-order valence-electron chi connectivity index (χ2n) is 5.61. The van der Waals surface area contributed by atoms with E-state index in [9.17, 15) is 13.2 Å². The van der Waals surface area contributed by atoms with Crippen molar-refractivity contribution in [2.75, 3.05) is 0 Å². The summed E-state index contributed by atoms with van der Waals surface area (Å²) in [4.78, 5) is 0. The maximum atomic E-state index is 12.8. The predicted octanol–water partition coefficient (Wildman–Crippen LogP) is 4.72. The molecule has 0 saturated heterocycles. The second kappa shape index (κ2) is 7.31. The fourth-order valence-electron chi connectivity index (χ4n) is 2.39. The number of alkyl halides is 3. The van der Waals surface area contributed by atoms with Crippen LogP contribution in [-0.4, -0.2) is 14.8 Å². The number of hydrogen-bond acceptors (Lipinski definition) is 3. The van der Waals surface area contributed by atoms with Crippen molar-refractivity contribution >= 4 is 11.8 Å². The van der Waals surface area contributed by atoms with Crippen LogP contribution in [0.5, 0.6) is 0 Å². The van der Waals surface area contributed by atoms with Crippen LogP contribution in [0.1, 0.15) is 22.5 Å². The third-order valence-corrected chi connectivity index (χ3v) is 4.84. The fourth-order valence-corrected chi connectivity index (χ4v) is 3.26. The van der Waals surface area contributed by atoms with Crippen LogP contribution in [0.3, 0.4) is 0 Å². The largest absolute Gasteiger partial charge is 0.416 e. The topological polar surface area (TPSA) is 30.7 Å². The normalized spacial score (nSPS) is 11.7. The minimum atomic E-state index is -4.33. The van der Waals surface area contributed by atoms with Crippen molar-refractivity contribution in [2.45, 2.75) is 23.5 Å². The molecule has 7 heteroatoms. The summed E-state index contributed by atoms with van der Waals surface area (Å²) in [5.41, 5.74) is 1.10. The SMILES string of the molecule is Cn1c(Cc2ccccc2)nnc1SCc1cccc(C(F)(F)F)c1. The molecule has 0 atom stereocenters. The Bertz CT molecular complexity index is 844. The van der Waals surface area contributed by atoms with E-state index in [4.69, 9.17) is 0 Å². The highest BCUT2D eigenvalue weighted by molar-refractivity contribution is 7.98. The van der Waals surface area contributed by atoms with E-state index in [0.717, 1.165) is 17.5 Å². The number of hydrogen-bond donors (Lipinski definition) is 0. The van der Waals surface area contributed by atoms with Gasteiger partial charge in [-0.1, -0.05) is 60.3 Å². The Morgan fingerprint density at radius 1 is 0.960 bits per heavy atom. The Kier molecular flexibility index (Phi) is 5.13. The lowest BCUT2D eigenvalue weighted by molar-refractivity contribution is -0.137. The van der Waals surface area contributed by atoms with Crippen LogP contribution in [0.15, 0.2) is 59.8 Å². The molecule has 25 heavy (non-hydrogen) atoms. The third kappa shape index (κ3) is 4.42. The summed E-state index contributed by atoms with van der Waals surface area (Å²) >= 11 is 1.37. The standard InChI is InChI=1S/C18H16F3N3S/c1-24-16(11-13-6-3-2-4-7-13)22-23-17(24)25-12-14-8-5-9-15(10-14)18(19,20)21/h2-10H,11-12H2,1H3. The van der Waals surface area contributed by atoms with Crippen LogP contribution in [0.2, 0.25) is 0 Å². The summed E-state index contributed by atoms with van der Waals surface area (Å²) in [7, 11) is 1.87. The predicted molar refractivity (Wildman–Crippen MR) is 91.3 cm³/mol. The summed E-state index contributed by atoms with van der Waals surface area (Å²) in [6.07, 6.45) is -3.66. The fraction of sp³-hybridized carbons (Fsp3) is 0.222. The zero-order valence-electron chi connectivity index (χ0n) is 13.5. The number of rotatable bonds is 5. The van der Waals surface area contributed by atoms with E-state index in [1.54, 1.807) is 6.07 Å². The quantitative estimate of drug-likeness (QED) is 0.615. The molecule has 0 aliphatic heterocycles. The Balaban J connectivity index is 1.68. The van der Waals surface area contributed by atoms with Gasteiger partial charge in [0.15, 0.2) is 5.16 Å². The van der Waals surface area contributed by atoms with Gasteiger partial charge in [-0.05, 0) is 17.2 Å². The third-order valence-electron chi connectivity index (χ3n) is 3.75. The molecule has 0 unspecified atom stereocenters. The molecule has 2 aromatic carbocycles. The summed E-state index contributed by atoms with van der Waals surface area (Å²) in [6, 6.07) is 15.3. The summed E-state index contributed by atoms with van der Waals surface area (Å²) in [5.74, 6) is 1.22. The molecule has 130 valence electrons. The summed E-state index contributed by atoms with van der Waals surface area (Å²) in [5, 5.41) is 9.03. The van der Waals surface area contributed by atoms with Gasteiger partial charge in [0.05, 0.1) is 5.56 Å². The average molecular weight is 363 g/mol. The van der Waals surface area contributed by atoms with E-state index < -0.39 is 11.7 Å². The molecule has 0 saturated carbocycles. The van der Waals surface area contributed by atoms with E-state index in [1.165, 1.54) is 23.9 Å². The number of thioether (sulfide) groups is 1. The lowest BCUT2D eigenvalue weighted by Gasteiger charge is -2.08. The molecule has 3 aromatic rings. The van der Waals surface area contributed by atoms with E-state index in [-0.39, 0.29) is 0 Å². The van der Waals surface area contributed by atoms with Crippen molar-refractivity contribution in [1.82, 2.24) is 14.8 Å². The number of nitrogens with zero attached hydrogens (tertiary/aromatic N) is 3. The molecule has 0 spiro atoms. The first-order valence-electron chi connectivity index (χ1n) is 7.64. The van der Waals surface area contributed by atoms with E-state index in [2.05, 4.69) is 10.2 Å². The highest BCUT2D eigenvalue weighted by atomic mass is 32.2. The Hall–Kier alpha value is -2.28. The zero-order chi connectivity index (χ0) is 17.9. The minimum Gasteiger partial charge on any atom is -0.309 e. The molecule has 0 aliphatic carbocycles. The molecule has 0 radical (unpaired) electrons. The van der Waals surface area contributed by atoms with E-state index in [0.29, 0.717) is 22.9 Å². The van der Waals surface area contributed by atoms with Gasteiger partial charge in [0.2, 0.25) is 0 Å². The van der Waals surface area contributed by atoms with Gasteiger partial charge < -0.3 is 4.57 Å². The van der Waals surface area contributed by atoms with Gasteiger partial charge in [0.1, 0.15) is 5.82 Å². The van der Waals surface area contributed by atoms with Crippen molar-refractivity contribution in [3.63, 3.8) is 0 Å². The molecule has 1 aromatic heterocycles. The Morgan fingerprint density at radius 2 is 1.68 bits per heavy atom. The first kappa shape index (κ1) is 17.5. The van der Waals surface area contributed by atoms with Gasteiger partial charge >= 0.3 is 6.18 Å². The first-order valence-corrected chi connectivity index (χ1v) is 8.63. The highest BCUT2D eigenvalue weighted by Gasteiger charge is 2.30. The molecule has 0 aliphatic rings. The highest BCUT2D eigenvalue weighted by Crippen LogP contribution is 2.31. The van der Waals surface area contributed by atoms with Gasteiger partial charge in [-0.15, -0.1) is 10.2 Å². The van der Waals surface area contributed by atoms with Crippen molar-refractivity contribution in [1.29, 1.82) is 0 Å². The van der Waals surface area contributed by atoms with Crippen LogP contribution in [0.4, 0.5) is 13.2 Å². The van der Waals surface area contributed by atoms with E-state index >= 15 is 0 Å². The molecule has 0 N–H and O–H groups in total.